The first-order valence-electron chi connectivity index (χ1n) is 5.47. The molecular formula is C10H20N2O4. The Labute approximate surface area is 95.4 Å². The molecule has 0 rings (SSSR count). The Balaban J connectivity index is 3.91. The molecule has 0 aromatic carbocycles. The number of hydrogen-bond acceptors (Lipinski definition) is 4. The summed E-state index contributed by atoms with van der Waals surface area (Å²) in [6, 6.07) is -1.47. The highest BCUT2D eigenvalue weighted by Crippen LogP contribution is 1.89. The zero-order chi connectivity index (χ0) is 12.4. The summed E-state index contributed by atoms with van der Waals surface area (Å²) in [5.74, 6) is -0.629. The van der Waals surface area contributed by atoms with Crippen LogP contribution in [0, 0.1) is 0 Å². The molecular weight excluding hydrogens is 212 g/mol. The van der Waals surface area contributed by atoms with E-state index in [1.807, 2.05) is 6.92 Å². The van der Waals surface area contributed by atoms with Gasteiger partial charge in [0.05, 0.1) is 13.2 Å². The highest BCUT2D eigenvalue weighted by atomic mass is 16.5. The Morgan fingerprint density at radius 2 is 2.06 bits per heavy atom. The van der Waals surface area contributed by atoms with Gasteiger partial charge in [0.25, 0.3) is 0 Å². The number of hydrogen-bond donors (Lipinski definition) is 3. The normalized spacial score (nSPS) is 11.7. The average molecular weight is 232 g/mol. The van der Waals surface area contributed by atoms with Crippen LogP contribution in [-0.2, 0) is 9.53 Å². The maximum Gasteiger partial charge on any atom is 0.331 e. The van der Waals surface area contributed by atoms with Crippen LogP contribution in [-0.4, -0.2) is 42.9 Å². The minimum atomic E-state index is -0.999. The number of rotatable bonds is 7. The van der Waals surface area contributed by atoms with E-state index < -0.39 is 24.6 Å². The molecule has 0 fully saturated rings. The predicted octanol–water partition coefficient (Wildman–Crippen LogP) is 0.00970. The molecule has 6 heteroatoms. The first-order valence-corrected chi connectivity index (χ1v) is 5.47. The van der Waals surface area contributed by atoms with Gasteiger partial charge in [0.1, 0.15) is 0 Å². The van der Waals surface area contributed by atoms with E-state index in [2.05, 4.69) is 15.4 Å². The van der Waals surface area contributed by atoms with E-state index in [0.29, 0.717) is 6.54 Å². The lowest BCUT2D eigenvalue weighted by molar-refractivity contribution is -0.146. The van der Waals surface area contributed by atoms with Crippen LogP contribution in [0.1, 0.15) is 26.7 Å². The van der Waals surface area contributed by atoms with E-state index in [1.165, 1.54) is 0 Å². The zero-order valence-corrected chi connectivity index (χ0v) is 9.78. The Morgan fingerprint density at radius 3 is 2.56 bits per heavy atom. The van der Waals surface area contributed by atoms with Gasteiger partial charge >= 0.3 is 12.0 Å². The number of carbonyl (C=O) groups excluding carboxylic acids is 2. The van der Waals surface area contributed by atoms with Crippen LogP contribution in [0.5, 0.6) is 0 Å². The van der Waals surface area contributed by atoms with Crippen LogP contribution in [0.2, 0.25) is 0 Å². The second kappa shape index (κ2) is 8.96. The topological polar surface area (TPSA) is 87.7 Å². The molecule has 0 aliphatic heterocycles. The van der Waals surface area contributed by atoms with Crippen LogP contribution in [0.4, 0.5) is 4.79 Å². The largest absolute Gasteiger partial charge is 0.464 e. The zero-order valence-electron chi connectivity index (χ0n) is 9.78. The van der Waals surface area contributed by atoms with E-state index in [-0.39, 0.29) is 6.61 Å². The Hall–Kier alpha value is -1.30. The summed E-state index contributed by atoms with van der Waals surface area (Å²) in [6.45, 7) is 3.96. The SMILES string of the molecule is CCCCNC(=O)N[C@@H](CO)C(=O)OCC. The fourth-order valence-electron chi connectivity index (χ4n) is 1.01. The third-order valence-electron chi connectivity index (χ3n) is 1.87. The molecule has 16 heavy (non-hydrogen) atoms. The van der Waals surface area contributed by atoms with Crippen molar-refractivity contribution in [1.29, 1.82) is 0 Å². The summed E-state index contributed by atoms with van der Waals surface area (Å²) in [6.07, 6.45) is 1.85. The second-order valence-corrected chi connectivity index (χ2v) is 3.24. The Morgan fingerprint density at radius 1 is 1.38 bits per heavy atom. The molecule has 3 N–H and O–H groups in total. The molecule has 0 unspecified atom stereocenters. The van der Waals surface area contributed by atoms with Crippen molar-refractivity contribution < 1.29 is 19.4 Å². The van der Waals surface area contributed by atoms with Crippen LogP contribution >= 0.6 is 0 Å². The van der Waals surface area contributed by atoms with Gasteiger partial charge in [-0.05, 0) is 13.3 Å². The van der Waals surface area contributed by atoms with Gasteiger partial charge in [-0.1, -0.05) is 13.3 Å². The number of aliphatic hydroxyl groups excluding tert-OH is 1. The highest BCUT2D eigenvalue weighted by Gasteiger charge is 2.20. The van der Waals surface area contributed by atoms with Gasteiger partial charge in [-0.3, -0.25) is 0 Å². The van der Waals surface area contributed by atoms with Crippen molar-refractivity contribution in [1.82, 2.24) is 10.6 Å². The van der Waals surface area contributed by atoms with Crippen molar-refractivity contribution in [2.75, 3.05) is 19.8 Å². The molecule has 0 bridgehead atoms. The predicted molar refractivity (Wildman–Crippen MR) is 58.9 cm³/mol. The number of nitrogens with one attached hydrogen (secondary N) is 2. The fourth-order valence-corrected chi connectivity index (χ4v) is 1.01. The molecule has 0 aliphatic rings. The lowest BCUT2D eigenvalue weighted by atomic mass is 10.3. The van der Waals surface area contributed by atoms with Crippen molar-refractivity contribution in [3.63, 3.8) is 0 Å². The second-order valence-electron chi connectivity index (χ2n) is 3.24. The van der Waals surface area contributed by atoms with Gasteiger partial charge in [0.2, 0.25) is 0 Å². The smallest absolute Gasteiger partial charge is 0.331 e. The van der Waals surface area contributed by atoms with Gasteiger partial charge in [0.15, 0.2) is 6.04 Å². The molecule has 0 heterocycles. The number of unbranched alkanes of at least 4 members (excludes halogenated alkanes) is 1. The van der Waals surface area contributed by atoms with Crippen molar-refractivity contribution in [2.24, 2.45) is 0 Å². The number of ether oxygens (including phenoxy) is 1. The third-order valence-corrected chi connectivity index (χ3v) is 1.87. The van der Waals surface area contributed by atoms with Gasteiger partial charge in [-0.15, -0.1) is 0 Å². The molecule has 2 amide bonds. The van der Waals surface area contributed by atoms with Crippen LogP contribution in [0.15, 0.2) is 0 Å². The average Bonchev–Trinajstić information content (AvgIpc) is 2.26. The summed E-state index contributed by atoms with van der Waals surface area (Å²) >= 11 is 0. The molecule has 6 nitrogen and oxygen atoms in total. The van der Waals surface area contributed by atoms with Crippen molar-refractivity contribution in [3.05, 3.63) is 0 Å². The first kappa shape index (κ1) is 14.7. The molecule has 0 saturated heterocycles. The fraction of sp³-hybridized carbons (Fsp3) is 0.800. The number of urea groups is 1. The van der Waals surface area contributed by atoms with E-state index >= 15 is 0 Å². The maximum absolute atomic E-state index is 11.3. The Bertz CT molecular complexity index is 221. The molecule has 0 aromatic heterocycles. The number of aliphatic hydroxyl groups is 1. The monoisotopic (exact) mass is 232 g/mol. The molecule has 0 aromatic rings. The standard InChI is InChI=1S/C10H20N2O4/c1-3-5-6-11-10(15)12-8(7-13)9(14)16-4-2/h8,13H,3-7H2,1-2H3,(H2,11,12,15)/t8-/m0/s1. The summed E-state index contributed by atoms with van der Waals surface area (Å²) in [4.78, 5) is 22.5. The van der Waals surface area contributed by atoms with E-state index in [4.69, 9.17) is 5.11 Å². The number of esters is 1. The van der Waals surface area contributed by atoms with Crippen LogP contribution in [0.25, 0.3) is 0 Å². The van der Waals surface area contributed by atoms with Crippen molar-refractivity contribution in [2.45, 2.75) is 32.7 Å². The summed E-state index contributed by atoms with van der Waals surface area (Å²) < 4.78 is 4.68. The lowest BCUT2D eigenvalue weighted by Gasteiger charge is -2.15. The number of carbonyl (C=O) groups is 2. The van der Waals surface area contributed by atoms with Crippen molar-refractivity contribution in [3.8, 4) is 0 Å². The highest BCUT2D eigenvalue weighted by molar-refractivity contribution is 5.83. The summed E-state index contributed by atoms with van der Waals surface area (Å²) in [5.41, 5.74) is 0. The number of amides is 2. The molecule has 94 valence electrons. The minimum absolute atomic E-state index is 0.217. The van der Waals surface area contributed by atoms with Gasteiger partial charge < -0.3 is 20.5 Å². The molecule has 0 radical (unpaired) electrons. The van der Waals surface area contributed by atoms with E-state index in [1.54, 1.807) is 6.92 Å². The van der Waals surface area contributed by atoms with Crippen LogP contribution in [0.3, 0.4) is 0 Å². The summed E-state index contributed by atoms with van der Waals surface area (Å²) in [7, 11) is 0. The van der Waals surface area contributed by atoms with E-state index in [0.717, 1.165) is 12.8 Å². The molecule has 0 saturated carbocycles. The van der Waals surface area contributed by atoms with Crippen molar-refractivity contribution >= 4 is 12.0 Å². The first-order chi connectivity index (χ1) is 7.65. The molecule has 0 spiro atoms. The summed E-state index contributed by atoms with van der Waals surface area (Å²) in [5, 5.41) is 13.8. The minimum Gasteiger partial charge on any atom is -0.464 e. The van der Waals surface area contributed by atoms with E-state index in [9.17, 15) is 9.59 Å². The molecule has 1 atom stereocenters. The molecule has 0 aliphatic carbocycles. The van der Waals surface area contributed by atoms with Gasteiger partial charge in [-0.2, -0.15) is 0 Å². The quantitative estimate of drug-likeness (QED) is 0.426. The lowest BCUT2D eigenvalue weighted by Crippen LogP contribution is -2.48. The van der Waals surface area contributed by atoms with Gasteiger partial charge in [0, 0.05) is 6.54 Å². The third kappa shape index (κ3) is 6.23. The Kier molecular flexibility index (Phi) is 8.24. The van der Waals surface area contributed by atoms with Gasteiger partial charge in [-0.25, -0.2) is 9.59 Å². The van der Waals surface area contributed by atoms with Crippen LogP contribution < -0.4 is 10.6 Å². The maximum atomic E-state index is 11.3.